The van der Waals surface area contributed by atoms with E-state index >= 15 is 0 Å². The SMILES string of the molecule is CC(=O)c1ccc(N=Cc2cc3c(cc2C)N(C)C(C)(C)C=C3C)cc1. The molecule has 3 heteroatoms. The van der Waals surface area contributed by atoms with Gasteiger partial charge in [0, 0.05) is 30.1 Å². The lowest BCUT2D eigenvalue weighted by atomic mass is 9.87. The highest BCUT2D eigenvalue weighted by molar-refractivity contribution is 5.94. The first kappa shape index (κ1) is 18.1. The fourth-order valence-corrected chi connectivity index (χ4v) is 3.38. The minimum Gasteiger partial charge on any atom is -0.365 e. The Labute approximate surface area is 156 Å². The zero-order valence-corrected chi connectivity index (χ0v) is 16.4. The molecule has 0 saturated carbocycles. The van der Waals surface area contributed by atoms with Crippen LogP contribution in [0.25, 0.3) is 5.57 Å². The van der Waals surface area contributed by atoms with Crippen LogP contribution in [0.5, 0.6) is 0 Å². The number of carbonyl (C=O) groups is 1. The van der Waals surface area contributed by atoms with Gasteiger partial charge in [-0.05, 0) is 87.7 Å². The molecule has 0 bridgehead atoms. The van der Waals surface area contributed by atoms with Crippen molar-refractivity contribution in [2.75, 3.05) is 11.9 Å². The Balaban J connectivity index is 1.95. The molecule has 1 aliphatic rings. The highest BCUT2D eigenvalue weighted by atomic mass is 16.1. The summed E-state index contributed by atoms with van der Waals surface area (Å²) >= 11 is 0. The Hall–Kier alpha value is -2.68. The van der Waals surface area contributed by atoms with Crippen molar-refractivity contribution >= 4 is 28.9 Å². The zero-order valence-electron chi connectivity index (χ0n) is 16.4. The fourth-order valence-electron chi connectivity index (χ4n) is 3.38. The molecule has 0 aliphatic carbocycles. The van der Waals surface area contributed by atoms with Crippen molar-refractivity contribution in [2.45, 2.75) is 40.2 Å². The predicted octanol–water partition coefficient (Wildman–Crippen LogP) is 5.58. The standard InChI is InChI=1S/C23H26N2O/c1-15-11-22-21(16(2)13-23(4,5)25(22)6)12-19(15)14-24-20-9-7-18(8-10-20)17(3)26/h7-14H,1-6H3. The maximum atomic E-state index is 11.4. The van der Waals surface area contributed by atoms with Crippen molar-refractivity contribution in [3.05, 3.63) is 64.7 Å². The van der Waals surface area contributed by atoms with Crippen molar-refractivity contribution in [2.24, 2.45) is 4.99 Å². The third-order valence-electron chi connectivity index (χ3n) is 5.23. The van der Waals surface area contributed by atoms with Gasteiger partial charge in [0.25, 0.3) is 0 Å². The van der Waals surface area contributed by atoms with Crippen LogP contribution in [0.2, 0.25) is 0 Å². The van der Waals surface area contributed by atoms with E-state index in [2.05, 4.69) is 62.8 Å². The average Bonchev–Trinajstić information content (AvgIpc) is 2.58. The Morgan fingerprint density at radius 1 is 1.12 bits per heavy atom. The molecule has 0 aromatic heterocycles. The van der Waals surface area contributed by atoms with Crippen LogP contribution in [0.4, 0.5) is 11.4 Å². The van der Waals surface area contributed by atoms with Crippen LogP contribution >= 0.6 is 0 Å². The number of anilines is 1. The van der Waals surface area contributed by atoms with Crippen molar-refractivity contribution < 1.29 is 4.79 Å². The highest BCUT2D eigenvalue weighted by Gasteiger charge is 2.28. The van der Waals surface area contributed by atoms with Gasteiger partial charge >= 0.3 is 0 Å². The first-order valence-corrected chi connectivity index (χ1v) is 8.92. The summed E-state index contributed by atoms with van der Waals surface area (Å²) in [4.78, 5) is 18.3. The minimum atomic E-state index is 0.0115. The van der Waals surface area contributed by atoms with Gasteiger partial charge in [-0.15, -0.1) is 0 Å². The van der Waals surface area contributed by atoms with Crippen LogP contribution in [0.1, 0.15) is 54.7 Å². The van der Waals surface area contributed by atoms with Gasteiger partial charge in [0.05, 0.1) is 11.2 Å². The zero-order chi connectivity index (χ0) is 19.1. The number of likely N-dealkylation sites (N-methyl/N-ethyl adjacent to an activating group) is 1. The molecule has 0 spiro atoms. The van der Waals surface area contributed by atoms with E-state index in [0.29, 0.717) is 5.56 Å². The molecule has 0 unspecified atom stereocenters. The average molecular weight is 346 g/mol. The number of hydrogen-bond acceptors (Lipinski definition) is 3. The second-order valence-electron chi connectivity index (χ2n) is 7.63. The maximum absolute atomic E-state index is 11.4. The molecular formula is C23H26N2O. The third-order valence-corrected chi connectivity index (χ3v) is 5.23. The molecule has 2 aromatic rings. The van der Waals surface area contributed by atoms with Gasteiger partial charge in [-0.1, -0.05) is 6.08 Å². The summed E-state index contributed by atoms with van der Waals surface area (Å²) in [6.45, 7) is 10.3. The number of ketones is 1. The molecule has 3 nitrogen and oxygen atoms in total. The van der Waals surface area contributed by atoms with Gasteiger partial charge in [-0.3, -0.25) is 9.79 Å². The van der Waals surface area contributed by atoms with E-state index in [4.69, 9.17) is 0 Å². The quantitative estimate of drug-likeness (QED) is 0.537. The number of aliphatic imine (C=N–C) groups is 1. The Morgan fingerprint density at radius 3 is 2.38 bits per heavy atom. The van der Waals surface area contributed by atoms with Crippen LogP contribution < -0.4 is 4.90 Å². The largest absolute Gasteiger partial charge is 0.365 e. The van der Waals surface area contributed by atoms with Crippen LogP contribution in [0, 0.1) is 6.92 Å². The first-order chi connectivity index (χ1) is 12.2. The Bertz CT molecular complexity index is 918. The van der Waals surface area contributed by atoms with Crippen molar-refractivity contribution in [3.8, 4) is 0 Å². The van der Waals surface area contributed by atoms with Crippen LogP contribution in [0.15, 0.2) is 47.5 Å². The van der Waals surface area contributed by atoms with E-state index in [-0.39, 0.29) is 11.3 Å². The maximum Gasteiger partial charge on any atom is 0.159 e. The molecule has 0 amide bonds. The van der Waals surface area contributed by atoms with E-state index < -0.39 is 0 Å². The lowest BCUT2D eigenvalue weighted by Crippen LogP contribution is -2.42. The van der Waals surface area contributed by atoms with Crippen LogP contribution in [-0.4, -0.2) is 24.6 Å². The Morgan fingerprint density at radius 2 is 1.77 bits per heavy atom. The summed E-state index contributed by atoms with van der Waals surface area (Å²) in [7, 11) is 2.14. The second-order valence-corrected chi connectivity index (χ2v) is 7.63. The molecular weight excluding hydrogens is 320 g/mol. The molecule has 134 valence electrons. The smallest absolute Gasteiger partial charge is 0.159 e. The topological polar surface area (TPSA) is 32.7 Å². The molecule has 1 aliphatic heterocycles. The number of nitrogens with zero attached hydrogens (tertiary/aromatic N) is 2. The summed E-state index contributed by atoms with van der Waals surface area (Å²) in [5, 5.41) is 0. The highest BCUT2D eigenvalue weighted by Crippen LogP contribution is 2.39. The van der Waals surface area contributed by atoms with E-state index in [1.165, 1.54) is 22.4 Å². The Kier molecular flexibility index (Phi) is 4.57. The second kappa shape index (κ2) is 6.56. The minimum absolute atomic E-state index is 0.0115. The number of benzene rings is 2. The molecule has 0 saturated heterocycles. The summed E-state index contributed by atoms with van der Waals surface area (Å²) in [6, 6.07) is 11.9. The lowest BCUT2D eigenvalue weighted by Gasteiger charge is -2.41. The van der Waals surface area contributed by atoms with Crippen molar-refractivity contribution in [1.82, 2.24) is 0 Å². The van der Waals surface area contributed by atoms with Gasteiger partial charge in [0.2, 0.25) is 0 Å². The van der Waals surface area contributed by atoms with Gasteiger partial charge in [0.15, 0.2) is 5.78 Å². The summed E-state index contributed by atoms with van der Waals surface area (Å²) in [5.74, 6) is 0.0698. The molecule has 26 heavy (non-hydrogen) atoms. The first-order valence-electron chi connectivity index (χ1n) is 8.92. The molecule has 0 radical (unpaired) electrons. The number of aryl methyl sites for hydroxylation is 1. The van der Waals surface area contributed by atoms with E-state index in [1.807, 2.05) is 30.5 Å². The number of hydrogen-bond donors (Lipinski definition) is 0. The number of Topliss-reactive ketones (excluding diaryl/α,β-unsaturated/α-hetero) is 1. The predicted molar refractivity (Wildman–Crippen MR) is 111 cm³/mol. The van der Waals surface area contributed by atoms with E-state index in [1.54, 1.807) is 6.92 Å². The van der Waals surface area contributed by atoms with Gasteiger partial charge < -0.3 is 4.90 Å². The normalized spacial score (nSPS) is 15.8. The molecule has 0 atom stereocenters. The molecule has 2 aromatic carbocycles. The molecule has 3 rings (SSSR count). The van der Waals surface area contributed by atoms with E-state index in [0.717, 1.165) is 11.3 Å². The summed E-state index contributed by atoms with van der Waals surface area (Å²) in [5.41, 5.74) is 7.69. The summed E-state index contributed by atoms with van der Waals surface area (Å²) in [6.07, 6.45) is 4.22. The van der Waals surface area contributed by atoms with Gasteiger partial charge in [0.1, 0.15) is 0 Å². The van der Waals surface area contributed by atoms with E-state index in [9.17, 15) is 4.79 Å². The molecule has 0 fully saturated rings. The summed E-state index contributed by atoms with van der Waals surface area (Å²) < 4.78 is 0. The monoisotopic (exact) mass is 346 g/mol. The number of rotatable bonds is 3. The van der Waals surface area contributed by atoms with Crippen LogP contribution in [-0.2, 0) is 0 Å². The van der Waals surface area contributed by atoms with Crippen molar-refractivity contribution in [1.29, 1.82) is 0 Å². The van der Waals surface area contributed by atoms with Crippen LogP contribution in [0.3, 0.4) is 0 Å². The fraction of sp³-hybridized carbons (Fsp3) is 0.304. The van der Waals surface area contributed by atoms with Gasteiger partial charge in [-0.25, -0.2) is 0 Å². The molecule has 0 N–H and O–H groups in total. The molecule has 1 heterocycles. The number of allylic oxidation sites excluding steroid dienone is 1. The lowest BCUT2D eigenvalue weighted by molar-refractivity contribution is 0.101. The van der Waals surface area contributed by atoms with Gasteiger partial charge in [-0.2, -0.15) is 0 Å². The number of fused-ring (bicyclic) bond motifs is 1. The van der Waals surface area contributed by atoms with Crippen molar-refractivity contribution in [3.63, 3.8) is 0 Å². The third kappa shape index (κ3) is 3.34. The number of carbonyl (C=O) groups excluding carboxylic acids is 1.